The molecule has 1 amide bonds. The van der Waals surface area contributed by atoms with Gasteiger partial charge in [0.2, 0.25) is 15.9 Å². The van der Waals surface area contributed by atoms with Crippen molar-refractivity contribution >= 4 is 21.6 Å². The van der Waals surface area contributed by atoms with Gasteiger partial charge in [0.25, 0.3) is 0 Å². The first-order chi connectivity index (χ1) is 11.4. The summed E-state index contributed by atoms with van der Waals surface area (Å²) in [7, 11) is -2.61. The maximum Gasteiger partial charge on any atom is 0.241 e. The Labute approximate surface area is 141 Å². The smallest absolute Gasteiger partial charge is 0.241 e. The Morgan fingerprint density at radius 3 is 2.42 bits per heavy atom. The van der Waals surface area contributed by atoms with Gasteiger partial charge in [0.15, 0.2) is 0 Å². The van der Waals surface area contributed by atoms with E-state index in [4.69, 9.17) is 9.88 Å². The molecule has 3 N–H and O–H groups in total. The number of anilines is 1. The average Bonchev–Trinajstić information content (AvgIpc) is 2.55. The van der Waals surface area contributed by atoms with Crippen LogP contribution >= 0.6 is 0 Å². The molecule has 128 valence electrons. The van der Waals surface area contributed by atoms with E-state index in [2.05, 4.69) is 5.32 Å². The molecule has 2 rings (SSSR count). The lowest BCUT2D eigenvalue weighted by atomic mass is 9.95. The fraction of sp³-hybridized carbons (Fsp3) is 0.235. The third-order valence-electron chi connectivity index (χ3n) is 3.66. The van der Waals surface area contributed by atoms with Gasteiger partial charge in [-0.1, -0.05) is 37.3 Å². The van der Waals surface area contributed by atoms with Crippen molar-refractivity contribution in [1.82, 2.24) is 0 Å². The minimum atomic E-state index is -3.96. The van der Waals surface area contributed by atoms with Crippen molar-refractivity contribution in [1.29, 1.82) is 0 Å². The first kappa shape index (κ1) is 18.0. The van der Waals surface area contributed by atoms with E-state index >= 15 is 0 Å². The van der Waals surface area contributed by atoms with E-state index in [1.165, 1.54) is 19.2 Å². The Hall–Kier alpha value is -2.38. The highest BCUT2D eigenvalue weighted by Crippen LogP contribution is 2.27. The Kier molecular flexibility index (Phi) is 5.58. The number of amides is 1. The predicted molar refractivity (Wildman–Crippen MR) is 92.5 cm³/mol. The molecule has 0 heterocycles. The summed E-state index contributed by atoms with van der Waals surface area (Å²) in [5.41, 5.74) is 1.25. The number of carbonyl (C=O) groups is 1. The zero-order valence-electron chi connectivity index (χ0n) is 13.5. The summed E-state index contributed by atoms with van der Waals surface area (Å²) in [5.74, 6) is -0.411. The number of rotatable bonds is 6. The standard InChI is InChI=1S/C17H20N2O4S/c1-3-14(12-7-5-4-6-8-12)17(20)19-13-9-10-15(23-2)16(11-13)24(18,21)22/h4-11,14H,3H2,1-2H3,(H,19,20)(H2,18,21,22). The third-order valence-corrected chi connectivity index (χ3v) is 4.60. The molecule has 0 spiro atoms. The number of primary sulfonamides is 1. The highest BCUT2D eigenvalue weighted by atomic mass is 32.2. The molecule has 24 heavy (non-hydrogen) atoms. The highest BCUT2D eigenvalue weighted by Gasteiger charge is 2.20. The number of nitrogens with two attached hydrogens (primary N) is 1. The maximum atomic E-state index is 12.5. The molecule has 7 heteroatoms. The average molecular weight is 348 g/mol. The number of methoxy groups -OCH3 is 1. The van der Waals surface area contributed by atoms with Crippen LogP contribution in [0.1, 0.15) is 24.8 Å². The van der Waals surface area contributed by atoms with Gasteiger partial charge in [0, 0.05) is 5.69 Å². The summed E-state index contributed by atoms with van der Waals surface area (Å²) >= 11 is 0. The lowest BCUT2D eigenvalue weighted by Gasteiger charge is -2.16. The topological polar surface area (TPSA) is 98.5 Å². The van der Waals surface area contributed by atoms with Crippen molar-refractivity contribution in [2.45, 2.75) is 24.2 Å². The molecule has 0 radical (unpaired) electrons. The Morgan fingerprint density at radius 2 is 1.88 bits per heavy atom. The summed E-state index contributed by atoms with van der Waals surface area (Å²) in [6.45, 7) is 1.92. The molecule has 0 aliphatic carbocycles. The predicted octanol–water partition coefficient (Wildman–Crippen LogP) is 2.47. The van der Waals surface area contributed by atoms with Crippen LogP contribution in [-0.2, 0) is 14.8 Å². The molecule has 0 aliphatic heterocycles. The Bertz CT molecular complexity index is 820. The normalized spacial score (nSPS) is 12.5. The van der Waals surface area contributed by atoms with Gasteiger partial charge >= 0.3 is 0 Å². The molecule has 1 unspecified atom stereocenters. The van der Waals surface area contributed by atoms with E-state index in [9.17, 15) is 13.2 Å². The molecule has 0 aliphatic rings. The van der Waals surface area contributed by atoms with Crippen molar-refractivity contribution in [3.05, 3.63) is 54.1 Å². The van der Waals surface area contributed by atoms with Gasteiger partial charge in [-0.3, -0.25) is 4.79 Å². The van der Waals surface area contributed by atoms with Crippen molar-refractivity contribution in [3.63, 3.8) is 0 Å². The summed E-state index contributed by atoms with van der Waals surface area (Å²) in [4.78, 5) is 12.4. The second kappa shape index (κ2) is 7.46. The zero-order chi connectivity index (χ0) is 17.7. The summed E-state index contributed by atoms with van der Waals surface area (Å²) < 4.78 is 28.3. The fourth-order valence-electron chi connectivity index (χ4n) is 2.46. The van der Waals surface area contributed by atoms with Gasteiger partial charge in [0.05, 0.1) is 13.0 Å². The molecule has 2 aromatic rings. The first-order valence-electron chi connectivity index (χ1n) is 7.43. The SMILES string of the molecule is CCC(C(=O)Nc1ccc(OC)c(S(N)(=O)=O)c1)c1ccccc1. The summed E-state index contributed by atoms with van der Waals surface area (Å²) in [6.07, 6.45) is 0.619. The minimum absolute atomic E-state index is 0.130. The van der Waals surface area contributed by atoms with Gasteiger partial charge in [0.1, 0.15) is 10.6 Å². The van der Waals surface area contributed by atoms with Crippen LogP contribution in [-0.4, -0.2) is 21.4 Å². The lowest BCUT2D eigenvalue weighted by molar-refractivity contribution is -0.117. The van der Waals surface area contributed by atoms with Gasteiger partial charge < -0.3 is 10.1 Å². The maximum absolute atomic E-state index is 12.5. The number of ether oxygens (including phenoxy) is 1. The van der Waals surface area contributed by atoms with Crippen molar-refractivity contribution < 1.29 is 17.9 Å². The molecule has 0 bridgehead atoms. The molecule has 0 saturated carbocycles. The third kappa shape index (κ3) is 4.12. The van der Waals surface area contributed by atoms with E-state index in [-0.39, 0.29) is 22.5 Å². The Balaban J connectivity index is 2.29. The number of nitrogens with one attached hydrogen (secondary N) is 1. The quantitative estimate of drug-likeness (QED) is 0.838. The number of hydrogen-bond donors (Lipinski definition) is 2. The van der Waals surface area contributed by atoms with Crippen LogP contribution in [0.3, 0.4) is 0 Å². The van der Waals surface area contributed by atoms with Gasteiger partial charge in [-0.15, -0.1) is 0 Å². The molecular formula is C17H20N2O4S. The number of sulfonamides is 1. The van der Waals surface area contributed by atoms with Crippen LogP contribution in [0.2, 0.25) is 0 Å². The largest absolute Gasteiger partial charge is 0.495 e. The van der Waals surface area contributed by atoms with E-state index in [0.29, 0.717) is 12.1 Å². The van der Waals surface area contributed by atoms with E-state index < -0.39 is 10.0 Å². The van der Waals surface area contributed by atoms with Crippen molar-refractivity contribution in [3.8, 4) is 5.75 Å². The molecule has 0 saturated heterocycles. The minimum Gasteiger partial charge on any atom is -0.495 e. The van der Waals surface area contributed by atoms with E-state index in [0.717, 1.165) is 5.56 Å². The van der Waals surface area contributed by atoms with Gasteiger partial charge in [-0.25, -0.2) is 13.6 Å². The summed E-state index contributed by atoms with van der Waals surface area (Å²) in [5, 5.41) is 7.93. The van der Waals surface area contributed by atoms with E-state index in [1.807, 2.05) is 37.3 Å². The first-order valence-corrected chi connectivity index (χ1v) is 8.98. The molecule has 1 atom stereocenters. The monoisotopic (exact) mass is 348 g/mol. The van der Waals surface area contributed by atoms with Crippen LogP contribution in [0.25, 0.3) is 0 Å². The molecule has 0 fully saturated rings. The zero-order valence-corrected chi connectivity index (χ0v) is 14.3. The Morgan fingerprint density at radius 1 is 1.21 bits per heavy atom. The summed E-state index contributed by atoms with van der Waals surface area (Å²) in [6, 6.07) is 13.7. The number of hydrogen-bond acceptors (Lipinski definition) is 4. The van der Waals surface area contributed by atoms with Crippen LogP contribution in [0.5, 0.6) is 5.75 Å². The van der Waals surface area contributed by atoms with Crippen molar-refractivity contribution in [2.75, 3.05) is 12.4 Å². The molecule has 6 nitrogen and oxygen atoms in total. The van der Waals surface area contributed by atoms with Crippen molar-refractivity contribution in [2.24, 2.45) is 5.14 Å². The van der Waals surface area contributed by atoms with Gasteiger partial charge in [-0.2, -0.15) is 0 Å². The fourth-order valence-corrected chi connectivity index (χ4v) is 3.19. The van der Waals surface area contributed by atoms with Gasteiger partial charge in [-0.05, 0) is 30.2 Å². The number of benzene rings is 2. The highest BCUT2D eigenvalue weighted by molar-refractivity contribution is 7.89. The lowest BCUT2D eigenvalue weighted by Crippen LogP contribution is -2.21. The molecule has 2 aromatic carbocycles. The van der Waals surface area contributed by atoms with E-state index in [1.54, 1.807) is 6.07 Å². The van der Waals surface area contributed by atoms with Crippen LogP contribution in [0.4, 0.5) is 5.69 Å². The van der Waals surface area contributed by atoms with Crippen LogP contribution in [0, 0.1) is 0 Å². The second-order valence-corrected chi connectivity index (χ2v) is 6.80. The molecule has 0 aromatic heterocycles. The second-order valence-electron chi connectivity index (χ2n) is 5.27. The number of carbonyl (C=O) groups excluding carboxylic acids is 1. The molecular weight excluding hydrogens is 328 g/mol. The van der Waals surface area contributed by atoms with Crippen LogP contribution < -0.4 is 15.2 Å². The van der Waals surface area contributed by atoms with Crippen LogP contribution in [0.15, 0.2) is 53.4 Å².